The molecule has 3 N–H and O–H groups in total. The Morgan fingerprint density at radius 3 is 2.79 bits per heavy atom. The van der Waals surface area contributed by atoms with Crippen molar-refractivity contribution in [1.29, 1.82) is 0 Å². The first-order valence-electron chi connectivity index (χ1n) is 6.69. The van der Waals surface area contributed by atoms with Crippen LogP contribution in [0.1, 0.15) is 29.3 Å². The van der Waals surface area contributed by atoms with Crippen LogP contribution in [-0.4, -0.2) is 31.5 Å². The van der Waals surface area contributed by atoms with Crippen LogP contribution in [0.5, 0.6) is 0 Å². The Kier molecular flexibility index (Phi) is 4.78. The van der Waals surface area contributed by atoms with Crippen LogP contribution in [-0.2, 0) is 6.54 Å². The molecule has 0 fully saturated rings. The number of guanidine groups is 1. The van der Waals surface area contributed by atoms with E-state index in [4.69, 9.17) is 0 Å². The molecule has 0 saturated carbocycles. The number of benzene rings is 1. The van der Waals surface area contributed by atoms with Crippen molar-refractivity contribution >= 4 is 11.9 Å². The van der Waals surface area contributed by atoms with Crippen molar-refractivity contribution in [1.82, 2.24) is 16.0 Å². The maximum Gasteiger partial charge on any atom is 0.251 e. The first-order valence-corrected chi connectivity index (χ1v) is 6.69. The normalized spacial score (nSPS) is 14.3. The molecule has 102 valence electrons. The summed E-state index contributed by atoms with van der Waals surface area (Å²) in [6.45, 7) is 5.12. The van der Waals surface area contributed by atoms with Gasteiger partial charge in [-0.25, -0.2) is 0 Å². The van der Waals surface area contributed by atoms with Crippen LogP contribution in [0.4, 0.5) is 0 Å². The van der Waals surface area contributed by atoms with Crippen LogP contribution in [0.3, 0.4) is 0 Å². The molecule has 2 rings (SSSR count). The van der Waals surface area contributed by atoms with E-state index in [1.165, 1.54) is 0 Å². The topological polar surface area (TPSA) is 65.5 Å². The molecular formula is C14H20N4O. The molecule has 0 bridgehead atoms. The van der Waals surface area contributed by atoms with Gasteiger partial charge < -0.3 is 16.0 Å². The molecule has 1 amide bonds. The van der Waals surface area contributed by atoms with Gasteiger partial charge in [-0.05, 0) is 31.0 Å². The molecule has 5 heteroatoms. The lowest BCUT2D eigenvalue weighted by atomic mass is 10.1. The third kappa shape index (κ3) is 3.98. The van der Waals surface area contributed by atoms with E-state index in [0.29, 0.717) is 18.7 Å². The molecule has 5 nitrogen and oxygen atoms in total. The Bertz CT molecular complexity index is 453. The van der Waals surface area contributed by atoms with E-state index in [9.17, 15) is 4.79 Å². The van der Waals surface area contributed by atoms with E-state index in [-0.39, 0.29) is 5.91 Å². The SMILES string of the molecule is CCNC(=O)c1ccc(CNC2=NCCCN2)cc1. The predicted molar refractivity (Wildman–Crippen MR) is 76.2 cm³/mol. The van der Waals surface area contributed by atoms with Crippen molar-refractivity contribution in [2.24, 2.45) is 4.99 Å². The molecule has 1 aromatic rings. The Labute approximate surface area is 113 Å². The Morgan fingerprint density at radius 1 is 1.37 bits per heavy atom. The maximum absolute atomic E-state index is 11.6. The smallest absolute Gasteiger partial charge is 0.251 e. The van der Waals surface area contributed by atoms with Crippen LogP contribution < -0.4 is 16.0 Å². The molecule has 0 unspecified atom stereocenters. The van der Waals surface area contributed by atoms with Crippen LogP contribution in [0, 0.1) is 0 Å². The van der Waals surface area contributed by atoms with Gasteiger partial charge in [0.25, 0.3) is 5.91 Å². The first kappa shape index (κ1) is 13.4. The molecule has 0 atom stereocenters. The molecule has 1 aliphatic rings. The predicted octanol–water partition coefficient (Wildman–Crippen LogP) is 0.875. The molecule has 1 aromatic carbocycles. The monoisotopic (exact) mass is 260 g/mol. The molecule has 0 spiro atoms. The molecule has 1 aliphatic heterocycles. The quantitative estimate of drug-likeness (QED) is 0.753. The van der Waals surface area contributed by atoms with E-state index in [0.717, 1.165) is 31.0 Å². The number of hydrogen-bond donors (Lipinski definition) is 3. The van der Waals surface area contributed by atoms with Crippen molar-refractivity contribution in [2.75, 3.05) is 19.6 Å². The minimum atomic E-state index is -0.0275. The number of aliphatic imine (C=N–C) groups is 1. The lowest BCUT2D eigenvalue weighted by Crippen LogP contribution is -2.40. The summed E-state index contributed by atoms with van der Waals surface area (Å²) in [6, 6.07) is 7.61. The zero-order chi connectivity index (χ0) is 13.5. The Hall–Kier alpha value is -2.04. The summed E-state index contributed by atoms with van der Waals surface area (Å²) >= 11 is 0. The zero-order valence-corrected chi connectivity index (χ0v) is 11.2. The largest absolute Gasteiger partial charge is 0.356 e. The van der Waals surface area contributed by atoms with Gasteiger partial charge >= 0.3 is 0 Å². The number of carbonyl (C=O) groups is 1. The molecular weight excluding hydrogens is 240 g/mol. The second-order valence-electron chi connectivity index (χ2n) is 4.42. The van der Waals surface area contributed by atoms with Gasteiger partial charge in [0.2, 0.25) is 0 Å². The highest BCUT2D eigenvalue weighted by Gasteiger charge is 2.05. The number of hydrogen-bond acceptors (Lipinski definition) is 4. The summed E-state index contributed by atoms with van der Waals surface area (Å²) in [5, 5.41) is 9.24. The summed E-state index contributed by atoms with van der Waals surface area (Å²) in [5.74, 6) is 0.833. The van der Waals surface area contributed by atoms with Crippen molar-refractivity contribution < 1.29 is 4.79 Å². The average Bonchev–Trinajstić information content (AvgIpc) is 2.47. The van der Waals surface area contributed by atoms with Crippen molar-refractivity contribution in [3.05, 3.63) is 35.4 Å². The Morgan fingerprint density at radius 2 is 2.16 bits per heavy atom. The highest BCUT2D eigenvalue weighted by atomic mass is 16.1. The minimum absolute atomic E-state index is 0.0275. The lowest BCUT2D eigenvalue weighted by molar-refractivity contribution is 0.0956. The third-order valence-corrected chi connectivity index (χ3v) is 2.91. The van der Waals surface area contributed by atoms with Gasteiger partial charge in [-0.2, -0.15) is 0 Å². The summed E-state index contributed by atoms with van der Waals surface area (Å²) < 4.78 is 0. The first-order chi connectivity index (χ1) is 9.29. The van der Waals surface area contributed by atoms with Gasteiger partial charge in [0.1, 0.15) is 0 Å². The van der Waals surface area contributed by atoms with Gasteiger partial charge in [0.15, 0.2) is 5.96 Å². The van der Waals surface area contributed by atoms with Crippen molar-refractivity contribution in [2.45, 2.75) is 19.9 Å². The Balaban J connectivity index is 1.88. The molecule has 0 radical (unpaired) electrons. The molecule has 0 saturated heterocycles. The molecule has 0 aromatic heterocycles. The van der Waals surface area contributed by atoms with E-state index in [1.54, 1.807) is 0 Å². The van der Waals surface area contributed by atoms with Crippen LogP contribution in [0.15, 0.2) is 29.3 Å². The van der Waals surface area contributed by atoms with Gasteiger partial charge in [-0.3, -0.25) is 9.79 Å². The van der Waals surface area contributed by atoms with Gasteiger partial charge in [-0.15, -0.1) is 0 Å². The fourth-order valence-corrected chi connectivity index (χ4v) is 1.87. The number of amides is 1. The second kappa shape index (κ2) is 6.78. The molecule has 19 heavy (non-hydrogen) atoms. The van der Waals surface area contributed by atoms with Gasteiger partial charge in [0, 0.05) is 31.7 Å². The van der Waals surface area contributed by atoms with E-state index in [1.807, 2.05) is 31.2 Å². The van der Waals surface area contributed by atoms with Crippen LogP contribution in [0.25, 0.3) is 0 Å². The summed E-state index contributed by atoms with van der Waals surface area (Å²) in [6.07, 6.45) is 1.09. The summed E-state index contributed by atoms with van der Waals surface area (Å²) in [4.78, 5) is 16.0. The standard InChI is InChI=1S/C14H20N4O/c1-2-15-13(19)12-6-4-11(5-7-12)10-18-14-16-8-3-9-17-14/h4-7H,2-3,8-10H2,1H3,(H,15,19)(H2,16,17,18). The zero-order valence-electron chi connectivity index (χ0n) is 11.2. The van der Waals surface area contributed by atoms with Crippen LogP contribution >= 0.6 is 0 Å². The van der Waals surface area contributed by atoms with Crippen molar-refractivity contribution in [3.8, 4) is 0 Å². The number of carbonyl (C=O) groups excluding carboxylic acids is 1. The molecule has 1 heterocycles. The summed E-state index contributed by atoms with van der Waals surface area (Å²) in [5.41, 5.74) is 1.82. The molecule has 0 aliphatic carbocycles. The fourth-order valence-electron chi connectivity index (χ4n) is 1.87. The number of nitrogens with zero attached hydrogens (tertiary/aromatic N) is 1. The number of rotatable bonds is 4. The van der Waals surface area contributed by atoms with E-state index < -0.39 is 0 Å². The minimum Gasteiger partial charge on any atom is -0.356 e. The fraction of sp³-hybridized carbons (Fsp3) is 0.429. The van der Waals surface area contributed by atoms with E-state index in [2.05, 4.69) is 20.9 Å². The highest BCUT2D eigenvalue weighted by Crippen LogP contribution is 2.04. The second-order valence-corrected chi connectivity index (χ2v) is 4.42. The van der Waals surface area contributed by atoms with Crippen LogP contribution in [0.2, 0.25) is 0 Å². The van der Waals surface area contributed by atoms with Crippen molar-refractivity contribution in [3.63, 3.8) is 0 Å². The third-order valence-electron chi connectivity index (χ3n) is 2.91. The lowest BCUT2D eigenvalue weighted by Gasteiger charge is -2.16. The highest BCUT2D eigenvalue weighted by molar-refractivity contribution is 5.94. The van der Waals surface area contributed by atoms with E-state index >= 15 is 0 Å². The number of nitrogens with one attached hydrogen (secondary N) is 3. The van der Waals surface area contributed by atoms with Gasteiger partial charge in [-0.1, -0.05) is 12.1 Å². The maximum atomic E-state index is 11.6. The van der Waals surface area contributed by atoms with Gasteiger partial charge in [0.05, 0.1) is 0 Å². The average molecular weight is 260 g/mol. The summed E-state index contributed by atoms with van der Waals surface area (Å²) in [7, 11) is 0.